The monoisotopic (exact) mass is 397 g/mol. The molecule has 0 fully saturated rings. The number of nitrogens with zero attached hydrogens (tertiary/aromatic N) is 4. The fourth-order valence-electron chi connectivity index (χ4n) is 2.96. The molecule has 0 radical (unpaired) electrons. The Labute approximate surface area is 160 Å². The van der Waals surface area contributed by atoms with Gasteiger partial charge in [0.05, 0.1) is 16.8 Å². The number of benzene rings is 2. The Hall–Kier alpha value is -3.33. The molecule has 9 heteroatoms. The van der Waals surface area contributed by atoms with E-state index < -0.39 is 20.8 Å². The lowest BCUT2D eigenvalue weighted by molar-refractivity contribution is 0.593. The molecule has 2 heterocycles. The third-order valence-corrected chi connectivity index (χ3v) is 5.07. The normalized spacial score (nSPS) is 11.8. The molecule has 4 rings (SSSR count). The molecule has 142 valence electrons. The number of halogens is 1. The average Bonchev–Trinajstić information content (AvgIpc) is 2.97. The SMILES string of the molecule is Cc1cccc(-n2nc3nc(S(C)(=O)=O)nc(-c4cccc(F)c4)c3c2N)c1. The topological polar surface area (TPSA) is 104 Å². The molecule has 0 atom stereocenters. The third-order valence-electron chi connectivity index (χ3n) is 4.22. The van der Waals surface area contributed by atoms with Gasteiger partial charge in [-0.25, -0.2) is 22.5 Å². The van der Waals surface area contributed by atoms with Crippen molar-refractivity contribution in [2.24, 2.45) is 0 Å². The molecule has 0 spiro atoms. The summed E-state index contributed by atoms with van der Waals surface area (Å²) in [4.78, 5) is 8.25. The predicted molar refractivity (Wildman–Crippen MR) is 104 cm³/mol. The van der Waals surface area contributed by atoms with Crippen molar-refractivity contribution >= 4 is 26.7 Å². The Bertz CT molecular complexity index is 1330. The van der Waals surface area contributed by atoms with Crippen molar-refractivity contribution < 1.29 is 12.8 Å². The Kier molecular flexibility index (Phi) is 4.11. The van der Waals surface area contributed by atoms with Crippen LogP contribution in [0.4, 0.5) is 10.2 Å². The predicted octanol–water partition coefficient (Wildman–Crippen LogP) is 2.92. The fraction of sp³-hybridized carbons (Fsp3) is 0.105. The number of nitrogens with two attached hydrogens (primary N) is 1. The Morgan fingerprint density at radius 3 is 2.50 bits per heavy atom. The van der Waals surface area contributed by atoms with E-state index in [1.54, 1.807) is 6.07 Å². The van der Waals surface area contributed by atoms with E-state index in [4.69, 9.17) is 5.73 Å². The maximum absolute atomic E-state index is 13.8. The second kappa shape index (κ2) is 6.38. The first-order valence-electron chi connectivity index (χ1n) is 8.33. The summed E-state index contributed by atoms with van der Waals surface area (Å²) in [6.07, 6.45) is 1.00. The molecule has 28 heavy (non-hydrogen) atoms. The van der Waals surface area contributed by atoms with E-state index in [2.05, 4.69) is 15.1 Å². The molecule has 7 nitrogen and oxygen atoms in total. The molecular formula is C19H16FN5O2S. The number of rotatable bonds is 3. The van der Waals surface area contributed by atoms with Crippen LogP contribution in [0.2, 0.25) is 0 Å². The minimum Gasteiger partial charge on any atom is -0.383 e. The highest BCUT2D eigenvalue weighted by Crippen LogP contribution is 2.33. The van der Waals surface area contributed by atoms with Crippen LogP contribution < -0.4 is 5.73 Å². The first-order valence-corrected chi connectivity index (χ1v) is 10.2. The largest absolute Gasteiger partial charge is 0.383 e. The van der Waals surface area contributed by atoms with Gasteiger partial charge in [-0.2, -0.15) is 4.98 Å². The van der Waals surface area contributed by atoms with Crippen LogP contribution in [-0.4, -0.2) is 34.4 Å². The van der Waals surface area contributed by atoms with E-state index in [0.29, 0.717) is 16.6 Å². The Morgan fingerprint density at radius 2 is 1.82 bits per heavy atom. The molecule has 4 aromatic rings. The quantitative estimate of drug-likeness (QED) is 0.533. The minimum absolute atomic E-state index is 0.119. The van der Waals surface area contributed by atoms with Crippen molar-refractivity contribution in [2.45, 2.75) is 12.1 Å². The molecule has 0 saturated carbocycles. The lowest BCUT2D eigenvalue weighted by Crippen LogP contribution is -2.06. The van der Waals surface area contributed by atoms with E-state index >= 15 is 0 Å². The number of aryl methyl sites for hydroxylation is 1. The summed E-state index contributed by atoms with van der Waals surface area (Å²) in [6.45, 7) is 1.93. The average molecular weight is 397 g/mol. The Balaban J connectivity index is 2.09. The number of nitrogen functional groups attached to an aromatic ring is 1. The van der Waals surface area contributed by atoms with E-state index in [-0.39, 0.29) is 17.2 Å². The second-order valence-electron chi connectivity index (χ2n) is 6.47. The maximum Gasteiger partial charge on any atom is 0.249 e. The summed E-state index contributed by atoms with van der Waals surface area (Å²) in [7, 11) is -3.72. The van der Waals surface area contributed by atoms with Crippen LogP contribution >= 0.6 is 0 Å². The van der Waals surface area contributed by atoms with E-state index in [1.807, 2.05) is 31.2 Å². The van der Waals surface area contributed by atoms with Crippen molar-refractivity contribution in [2.75, 3.05) is 12.0 Å². The van der Waals surface area contributed by atoms with Crippen LogP contribution in [-0.2, 0) is 9.84 Å². The zero-order valence-electron chi connectivity index (χ0n) is 15.1. The van der Waals surface area contributed by atoms with Crippen molar-refractivity contribution in [3.63, 3.8) is 0 Å². The number of aromatic nitrogens is 4. The van der Waals surface area contributed by atoms with Crippen LogP contribution in [0.5, 0.6) is 0 Å². The summed E-state index contributed by atoms with van der Waals surface area (Å²) in [5.41, 5.74) is 8.74. The summed E-state index contributed by atoms with van der Waals surface area (Å²) < 4.78 is 39.4. The molecule has 0 saturated heterocycles. The lowest BCUT2D eigenvalue weighted by Gasteiger charge is -2.07. The number of hydrogen-bond acceptors (Lipinski definition) is 6. The molecule has 2 aromatic heterocycles. The molecule has 2 aromatic carbocycles. The van der Waals surface area contributed by atoms with Gasteiger partial charge in [0.2, 0.25) is 15.0 Å². The van der Waals surface area contributed by atoms with Gasteiger partial charge in [0.15, 0.2) is 5.65 Å². The van der Waals surface area contributed by atoms with Crippen LogP contribution in [0.1, 0.15) is 5.56 Å². The van der Waals surface area contributed by atoms with Gasteiger partial charge >= 0.3 is 0 Å². The molecule has 0 unspecified atom stereocenters. The van der Waals surface area contributed by atoms with Crippen LogP contribution in [0, 0.1) is 12.7 Å². The lowest BCUT2D eigenvalue weighted by atomic mass is 10.1. The van der Waals surface area contributed by atoms with E-state index in [0.717, 1.165) is 11.8 Å². The van der Waals surface area contributed by atoms with Crippen LogP contribution in [0.3, 0.4) is 0 Å². The maximum atomic E-state index is 13.8. The van der Waals surface area contributed by atoms with Crippen molar-refractivity contribution in [1.82, 2.24) is 19.7 Å². The number of sulfone groups is 1. The summed E-state index contributed by atoms with van der Waals surface area (Å²) >= 11 is 0. The van der Waals surface area contributed by atoms with Gasteiger partial charge in [-0.15, -0.1) is 5.10 Å². The molecule has 2 N–H and O–H groups in total. The summed E-state index contributed by atoms with van der Waals surface area (Å²) in [5.74, 6) is -0.241. The molecular weight excluding hydrogens is 381 g/mol. The highest BCUT2D eigenvalue weighted by Gasteiger charge is 2.22. The smallest absolute Gasteiger partial charge is 0.249 e. The number of anilines is 1. The minimum atomic E-state index is -3.72. The molecule has 0 aliphatic carbocycles. The molecule has 0 aliphatic rings. The highest BCUT2D eigenvalue weighted by atomic mass is 32.2. The van der Waals surface area contributed by atoms with Gasteiger partial charge in [-0.1, -0.05) is 24.3 Å². The Morgan fingerprint density at radius 1 is 1.07 bits per heavy atom. The zero-order valence-corrected chi connectivity index (χ0v) is 15.9. The van der Waals surface area contributed by atoms with Crippen molar-refractivity contribution in [1.29, 1.82) is 0 Å². The standard InChI is InChI=1S/C19H16FN5O2S/c1-11-5-3-8-14(9-11)25-17(21)15-16(12-6-4-7-13(20)10-12)22-19(28(2,26)27)23-18(15)24-25/h3-10H,21H2,1-2H3. The third kappa shape index (κ3) is 3.09. The van der Waals surface area contributed by atoms with Crippen molar-refractivity contribution in [3.8, 4) is 16.9 Å². The van der Waals surface area contributed by atoms with Gasteiger partial charge < -0.3 is 5.73 Å². The van der Waals surface area contributed by atoms with Gasteiger partial charge in [0, 0.05) is 11.8 Å². The first-order chi connectivity index (χ1) is 13.2. The first kappa shape index (κ1) is 18.1. The summed E-state index contributed by atoms with van der Waals surface area (Å²) in [6, 6.07) is 13.2. The van der Waals surface area contributed by atoms with Gasteiger partial charge in [0.1, 0.15) is 11.6 Å². The van der Waals surface area contributed by atoms with Gasteiger partial charge in [-0.3, -0.25) is 0 Å². The molecule has 0 bridgehead atoms. The molecule has 0 aliphatic heterocycles. The van der Waals surface area contributed by atoms with Gasteiger partial charge in [0.25, 0.3) is 0 Å². The van der Waals surface area contributed by atoms with Crippen LogP contribution in [0.25, 0.3) is 28.0 Å². The zero-order chi connectivity index (χ0) is 20.1. The van der Waals surface area contributed by atoms with Crippen molar-refractivity contribution in [3.05, 3.63) is 59.9 Å². The summed E-state index contributed by atoms with van der Waals surface area (Å²) in [5, 5.41) is 4.35. The highest BCUT2D eigenvalue weighted by molar-refractivity contribution is 7.90. The number of fused-ring (bicyclic) bond motifs is 1. The van der Waals surface area contributed by atoms with Gasteiger partial charge in [-0.05, 0) is 36.8 Å². The van der Waals surface area contributed by atoms with E-state index in [9.17, 15) is 12.8 Å². The molecule has 0 amide bonds. The second-order valence-corrected chi connectivity index (χ2v) is 8.38. The van der Waals surface area contributed by atoms with Crippen LogP contribution in [0.15, 0.2) is 53.7 Å². The van der Waals surface area contributed by atoms with E-state index in [1.165, 1.54) is 22.9 Å². The fourth-order valence-corrected chi connectivity index (χ4v) is 3.47. The number of hydrogen-bond donors (Lipinski definition) is 1.